The zero-order chi connectivity index (χ0) is 8.81. The number of likely N-dealkylation sites (tertiary alicyclic amines) is 1. The van der Waals surface area contributed by atoms with E-state index in [1.54, 1.807) is 0 Å². The Morgan fingerprint density at radius 3 is 2.50 bits per heavy atom. The van der Waals surface area contributed by atoms with Gasteiger partial charge in [-0.05, 0) is 38.3 Å². The van der Waals surface area contributed by atoms with Crippen molar-refractivity contribution in [2.45, 2.75) is 32.6 Å². The molecule has 72 valence electrons. The summed E-state index contributed by atoms with van der Waals surface area (Å²) in [6.07, 6.45) is 5.01. The van der Waals surface area contributed by atoms with Crippen LogP contribution in [0.25, 0.3) is 0 Å². The van der Waals surface area contributed by atoms with Gasteiger partial charge in [0.15, 0.2) is 0 Å². The molecule has 0 saturated carbocycles. The number of rotatable bonds is 4. The number of hydrogen-bond donors (Lipinski definition) is 1. The van der Waals surface area contributed by atoms with Gasteiger partial charge in [0, 0.05) is 13.2 Å². The van der Waals surface area contributed by atoms with Crippen LogP contribution in [0.15, 0.2) is 0 Å². The minimum Gasteiger partial charge on any atom is -0.396 e. The van der Waals surface area contributed by atoms with E-state index < -0.39 is 0 Å². The second kappa shape index (κ2) is 5.55. The van der Waals surface area contributed by atoms with Gasteiger partial charge in [0.1, 0.15) is 0 Å². The SMILES string of the molecule is CCC1CCN(CCCO)CC1. The van der Waals surface area contributed by atoms with Crippen molar-refractivity contribution in [3.05, 3.63) is 0 Å². The van der Waals surface area contributed by atoms with E-state index in [4.69, 9.17) is 5.11 Å². The third kappa shape index (κ3) is 3.11. The Morgan fingerprint density at radius 2 is 2.00 bits per heavy atom. The molecule has 1 saturated heterocycles. The van der Waals surface area contributed by atoms with E-state index in [-0.39, 0.29) is 0 Å². The predicted molar refractivity (Wildman–Crippen MR) is 51.2 cm³/mol. The van der Waals surface area contributed by atoms with E-state index >= 15 is 0 Å². The Bertz CT molecular complexity index is 108. The van der Waals surface area contributed by atoms with Crippen LogP contribution in [0.4, 0.5) is 0 Å². The molecule has 0 atom stereocenters. The summed E-state index contributed by atoms with van der Waals surface area (Å²) in [6, 6.07) is 0. The molecule has 0 aromatic rings. The van der Waals surface area contributed by atoms with E-state index in [1.807, 2.05) is 0 Å². The van der Waals surface area contributed by atoms with E-state index in [0.29, 0.717) is 6.61 Å². The number of hydrogen-bond acceptors (Lipinski definition) is 2. The topological polar surface area (TPSA) is 23.5 Å². The minimum absolute atomic E-state index is 0.341. The van der Waals surface area contributed by atoms with E-state index in [0.717, 1.165) is 18.9 Å². The maximum atomic E-state index is 8.67. The highest BCUT2D eigenvalue weighted by atomic mass is 16.3. The summed E-state index contributed by atoms with van der Waals surface area (Å²) in [4.78, 5) is 2.47. The van der Waals surface area contributed by atoms with Gasteiger partial charge in [0.05, 0.1) is 0 Å². The molecule has 2 nitrogen and oxygen atoms in total. The minimum atomic E-state index is 0.341. The first-order valence-electron chi connectivity index (χ1n) is 5.20. The van der Waals surface area contributed by atoms with Crippen molar-refractivity contribution in [1.29, 1.82) is 0 Å². The Morgan fingerprint density at radius 1 is 1.33 bits per heavy atom. The first-order valence-corrected chi connectivity index (χ1v) is 5.20. The summed E-state index contributed by atoms with van der Waals surface area (Å²) < 4.78 is 0. The van der Waals surface area contributed by atoms with Gasteiger partial charge in [-0.1, -0.05) is 13.3 Å². The number of aliphatic hydroxyl groups excluding tert-OH is 1. The van der Waals surface area contributed by atoms with Crippen molar-refractivity contribution in [3.8, 4) is 0 Å². The van der Waals surface area contributed by atoms with Crippen molar-refractivity contribution in [3.63, 3.8) is 0 Å². The smallest absolute Gasteiger partial charge is 0.0443 e. The fourth-order valence-corrected chi connectivity index (χ4v) is 1.91. The van der Waals surface area contributed by atoms with Crippen molar-refractivity contribution >= 4 is 0 Å². The molecule has 1 aliphatic heterocycles. The number of nitrogens with zero attached hydrogens (tertiary/aromatic N) is 1. The largest absolute Gasteiger partial charge is 0.396 e. The van der Waals surface area contributed by atoms with Crippen molar-refractivity contribution in [1.82, 2.24) is 4.90 Å². The molecule has 0 aromatic carbocycles. The molecule has 0 bridgehead atoms. The van der Waals surface area contributed by atoms with Crippen LogP contribution < -0.4 is 0 Å². The summed E-state index contributed by atoms with van der Waals surface area (Å²) in [6.45, 7) is 6.21. The molecule has 1 N–H and O–H groups in total. The van der Waals surface area contributed by atoms with Gasteiger partial charge in [-0.3, -0.25) is 0 Å². The third-order valence-electron chi connectivity index (χ3n) is 2.92. The van der Waals surface area contributed by atoms with Gasteiger partial charge in [0.2, 0.25) is 0 Å². The van der Waals surface area contributed by atoms with Crippen molar-refractivity contribution in [2.24, 2.45) is 5.92 Å². The average molecular weight is 171 g/mol. The van der Waals surface area contributed by atoms with Crippen LogP contribution >= 0.6 is 0 Å². The highest BCUT2D eigenvalue weighted by Crippen LogP contribution is 2.19. The summed E-state index contributed by atoms with van der Waals surface area (Å²) in [7, 11) is 0. The predicted octanol–water partition coefficient (Wildman–Crippen LogP) is 1.49. The summed E-state index contributed by atoms with van der Waals surface area (Å²) in [5.74, 6) is 0.968. The van der Waals surface area contributed by atoms with Crippen molar-refractivity contribution in [2.75, 3.05) is 26.2 Å². The lowest BCUT2D eigenvalue weighted by Gasteiger charge is -2.31. The third-order valence-corrected chi connectivity index (χ3v) is 2.92. The Labute approximate surface area is 75.6 Å². The van der Waals surface area contributed by atoms with Crippen LogP contribution in [0, 0.1) is 5.92 Å². The fourth-order valence-electron chi connectivity index (χ4n) is 1.91. The monoisotopic (exact) mass is 171 g/mol. The van der Waals surface area contributed by atoms with E-state index in [1.165, 1.54) is 32.4 Å². The number of aliphatic hydroxyl groups is 1. The molecule has 1 fully saturated rings. The van der Waals surface area contributed by atoms with Gasteiger partial charge in [0.25, 0.3) is 0 Å². The maximum absolute atomic E-state index is 8.67. The highest BCUT2D eigenvalue weighted by molar-refractivity contribution is 4.70. The molecule has 0 amide bonds. The number of piperidine rings is 1. The second-order valence-corrected chi connectivity index (χ2v) is 3.77. The normalized spacial score (nSPS) is 21.5. The standard InChI is InChI=1S/C10H21NO/c1-2-10-4-7-11(8-5-10)6-3-9-12/h10,12H,2-9H2,1H3. The van der Waals surface area contributed by atoms with Crippen molar-refractivity contribution < 1.29 is 5.11 Å². The molecule has 1 rings (SSSR count). The Hall–Kier alpha value is -0.0800. The molecular formula is C10H21NO. The maximum Gasteiger partial charge on any atom is 0.0443 e. The van der Waals surface area contributed by atoms with Gasteiger partial charge in [-0.25, -0.2) is 0 Å². The van der Waals surface area contributed by atoms with Crippen LogP contribution in [-0.4, -0.2) is 36.2 Å². The molecule has 0 aliphatic carbocycles. The molecule has 12 heavy (non-hydrogen) atoms. The van der Waals surface area contributed by atoms with Gasteiger partial charge in [-0.2, -0.15) is 0 Å². The molecule has 0 radical (unpaired) electrons. The summed E-state index contributed by atoms with van der Waals surface area (Å²) in [5.41, 5.74) is 0. The van der Waals surface area contributed by atoms with Gasteiger partial charge in [-0.15, -0.1) is 0 Å². The first-order chi connectivity index (χ1) is 5.86. The lowest BCUT2D eigenvalue weighted by Crippen LogP contribution is -2.34. The zero-order valence-electron chi connectivity index (χ0n) is 8.13. The van der Waals surface area contributed by atoms with E-state index in [9.17, 15) is 0 Å². The van der Waals surface area contributed by atoms with E-state index in [2.05, 4.69) is 11.8 Å². The first kappa shape index (κ1) is 10.0. The average Bonchev–Trinajstić information content (AvgIpc) is 2.15. The van der Waals surface area contributed by atoms with Crippen LogP contribution in [-0.2, 0) is 0 Å². The Balaban J connectivity index is 2.09. The molecular weight excluding hydrogens is 150 g/mol. The Kier molecular flexibility index (Phi) is 4.62. The van der Waals surface area contributed by atoms with Crippen LogP contribution in [0.3, 0.4) is 0 Å². The highest BCUT2D eigenvalue weighted by Gasteiger charge is 2.16. The van der Waals surface area contributed by atoms with Gasteiger partial charge >= 0.3 is 0 Å². The molecule has 2 heteroatoms. The fraction of sp³-hybridized carbons (Fsp3) is 1.00. The molecule has 0 spiro atoms. The van der Waals surface area contributed by atoms with Crippen LogP contribution in [0.2, 0.25) is 0 Å². The summed E-state index contributed by atoms with van der Waals surface area (Å²) >= 11 is 0. The molecule has 0 unspecified atom stereocenters. The molecule has 0 aromatic heterocycles. The van der Waals surface area contributed by atoms with Crippen LogP contribution in [0.1, 0.15) is 32.6 Å². The molecule has 1 aliphatic rings. The second-order valence-electron chi connectivity index (χ2n) is 3.77. The van der Waals surface area contributed by atoms with Gasteiger partial charge < -0.3 is 10.0 Å². The quantitative estimate of drug-likeness (QED) is 0.692. The lowest BCUT2D eigenvalue weighted by molar-refractivity contribution is 0.165. The molecule has 1 heterocycles. The summed E-state index contributed by atoms with van der Waals surface area (Å²) in [5, 5.41) is 8.67. The van der Waals surface area contributed by atoms with Crippen LogP contribution in [0.5, 0.6) is 0 Å². The zero-order valence-corrected chi connectivity index (χ0v) is 8.13. The lowest BCUT2D eigenvalue weighted by atomic mass is 9.94.